The van der Waals surface area contributed by atoms with E-state index in [9.17, 15) is 5.11 Å². The molecule has 0 aliphatic heterocycles. The standard InChI is InChI=1S/C11H14N4O/c1-3-15-7(2)13-14-11(15)9-5-4-8(12)6-10(9)16/h4-6,16H,3,12H2,1-2H3. The number of phenols is 1. The molecule has 0 atom stereocenters. The van der Waals surface area contributed by atoms with Crippen LogP contribution in [0.2, 0.25) is 0 Å². The first-order valence-corrected chi connectivity index (χ1v) is 5.12. The maximum atomic E-state index is 9.81. The van der Waals surface area contributed by atoms with Crippen LogP contribution in [0.3, 0.4) is 0 Å². The summed E-state index contributed by atoms with van der Waals surface area (Å²) in [5.74, 6) is 1.62. The monoisotopic (exact) mass is 218 g/mol. The van der Waals surface area contributed by atoms with Gasteiger partial charge < -0.3 is 15.4 Å². The van der Waals surface area contributed by atoms with E-state index in [2.05, 4.69) is 10.2 Å². The zero-order chi connectivity index (χ0) is 11.7. The zero-order valence-corrected chi connectivity index (χ0v) is 9.31. The Hall–Kier alpha value is -2.04. The molecule has 0 fully saturated rings. The van der Waals surface area contributed by atoms with Gasteiger partial charge in [0.25, 0.3) is 0 Å². The van der Waals surface area contributed by atoms with Crippen molar-refractivity contribution in [1.82, 2.24) is 14.8 Å². The first-order chi connectivity index (χ1) is 7.63. The number of aromatic hydroxyl groups is 1. The minimum absolute atomic E-state index is 0.127. The number of rotatable bonds is 2. The molecule has 0 aliphatic carbocycles. The van der Waals surface area contributed by atoms with Crippen LogP contribution in [0, 0.1) is 6.92 Å². The number of nitrogens with zero attached hydrogens (tertiary/aromatic N) is 3. The number of hydrogen-bond acceptors (Lipinski definition) is 4. The Bertz CT molecular complexity index is 519. The highest BCUT2D eigenvalue weighted by molar-refractivity contribution is 5.67. The number of nitrogens with two attached hydrogens (primary N) is 1. The molecule has 0 radical (unpaired) electrons. The quantitative estimate of drug-likeness (QED) is 0.750. The molecule has 0 saturated heterocycles. The van der Waals surface area contributed by atoms with E-state index >= 15 is 0 Å². The molecule has 5 nitrogen and oxygen atoms in total. The Labute approximate surface area is 93.5 Å². The molecule has 0 spiro atoms. The third-order valence-corrected chi connectivity index (χ3v) is 2.51. The predicted octanol–water partition coefficient (Wildman–Crippen LogP) is 1.56. The van der Waals surface area contributed by atoms with Crippen LogP contribution in [0.4, 0.5) is 5.69 Å². The zero-order valence-electron chi connectivity index (χ0n) is 9.31. The third kappa shape index (κ3) is 1.60. The lowest BCUT2D eigenvalue weighted by Crippen LogP contribution is -2.00. The fraction of sp³-hybridized carbons (Fsp3) is 0.273. The van der Waals surface area contributed by atoms with Crippen LogP contribution in [-0.2, 0) is 6.54 Å². The van der Waals surface area contributed by atoms with Crippen LogP contribution in [-0.4, -0.2) is 19.9 Å². The van der Waals surface area contributed by atoms with Gasteiger partial charge >= 0.3 is 0 Å². The van der Waals surface area contributed by atoms with Crippen LogP contribution < -0.4 is 5.73 Å². The first-order valence-electron chi connectivity index (χ1n) is 5.12. The smallest absolute Gasteiger partial charge is 0.167 e. The summed E-state index contributed by atoms with van der Waals surface area (Å²) in [4.78, 5) is 0. The minimum atomic E-state index is 0.127. The summed E-state index contributed by atoms with van der Waals surface area (Å²) in [7, 11) is 0. The SMILES string of the molecule is CCn1c(C)nnc1-c1ccc(N)cc1O. The second-order valence-corrected chi connectivity index (χ2v) is 3.59. The van der Waals surface area contributed by atoms with Gasteiger partial charge in [-0.25, -0.2) is 0 Å². The van der Waals surface area contributed by atoms with Crippen molar-refractivity contribution in [1.29, 1.82) is 0 Å². The van der Waals surface area contributed by atoms with Crippen molar-refractivity contribution >= 4 is 5.69 Å². The van der Waals surface area contributed by atoms with Crippen molar-refractivity contribution in [3.63, 3.8) is 0 Å². The molecule has 0 aliphatic rings. The molecule has 2 aromatic rings. The maximum absolute atomic E-state index is 9.81. The van der Waals surface area contributed by atoms with Crippen molar-refractivity contribution in [3.8, 4) is 17.1 Å². The molecular formula is C11H14N4O. The average molecular weight is 218 g/mol. The number of nitrogen functional groups attached to an aromatic ring is 1. The molecule has 1 heterocycles. The van der Waals surface area contributed by atoms with Crippen LogP contribution in [0.1, 0.15) is 12.7 Å². The topological polar surface area (TPSA) is 77.0 Å². The van der Waals surface area contributed by atoms with Crippen molar-refractivity contribution in [2.24, 2.45) is 0 Å². The Balaban J connectivity index is 2.58. The summed E-state index contributed by atoms with van der Waals surface area (Å²) in [6.07, 6.45) is 0. The van der Waals surface area contributed by atoms with Gasteiger partial charge in [0, 0.05) is 18.3 Å². The molecule has 16 heavy (non-hydrogen) atoms. The van der Waals surface area contributed by atoms with Gasteiger partial charge in [-0.3, -0.25) is 0 Å². The van der Waals surface area contributed by atoms with E-state index in [0.717, 1.165) is 12.4 Å². The molecule has 1 aromatic heterocycles. The molecule has 2 rings (SSSR count). The van der Waals surface area contributed by atoms with Gasteiger partial charge in [-0.2, -0.15) is 0 Å². The van der Waals surface area contributed by atoms with Gasteiger partial charge in [0.2, 0.25) is 0 Å². The van der Waals surface area contributed by atoms with E-state index in [4.69, 9.17) is 5.73 Å². The van der Waals surface area contributed by atoms with Gasteiger partial charge in [0.15, 0.2) is 5.82 Å². The Morgan fingerprint density at radius 2 is 2.12 bits per heavy atom. The number of hydrogen-bond donors (Lipinski definition) is 2. The molecule has 0 bridgehead atoms. The van der Waals surface area contributed by atoms with Crippen LogP contribution >= 0.6 is 0 Å². The molecular weight excluding hydrogens is 204 g/mol. The van der Waals surface area contributed by atoms with Gasteiger partial charge in [-0.15, -0.1) is 10.2 Å². The van der Waals surface area contributed by atoms with E-state index in [0.29, 0.717) is 17.1 Å². The van der Waals surface area contributed by atoms with Crippen molar-refractivity contribution < 1.29 is 5.11 Å². The van der Waals surface area contributed by atoms with Gasteiger partial charge in [0.1, 0.15) is 11.6 Å². The van der Waals surface area contributed by atoms with E-state index < -0.39 is 0 Å². The largest absolute Gasteiger partial charge is 0.507 e. The predicted molar refractivity (Wildman–Crippen MR) is 61.9 cm³/mol. The highest BCUT2D eigenvalue weighted by atomic mass is 16.3. The summed E-state index contributed by atoms with van der Waals surface area (Å²) in [5, 5.41) is 17.9. The van der Waals surface area contributed by atoms with Gasteiger partial charge in [0.05, 0.1) is 5.56 Å². The number of aromatic nitrogens is 3. The molecule has 0 unspecified atom stereocenters. The van der Waals surface area contributed by atoms with Crippen LogP contribution in [0.15, 0.2) is 18.2 Å². The Morgan fingerprint density at radius 1 is 1.38 bits per heavy atom. The maximum Gasteiger partial charge on any atom is 0.167 e. The third-order valence-electron chi connectivity index (χ3n) is 2.51. The molecule has 5 heteroatoms. The summed E-state index contributed by atoms with van der Waals surface area (Å²) >= 11 is 0. The molecule has 84 valence electrons. The lowest BCUT2D eigenvalue weighted by molar-refractivity contribution is 0.476. The highest BCUT2D eigenvalue weighted by Crippen LogP contribution is 2.29. The summed E-state index contributed by atoms with van der Waals surface area (Å²) in [6, 6.07) is 5.00. The lowest BCUT2D eigenvalue weighted by Gasteiger charge is -2.07. The second kappa shape index (κ2) is 3.84. The average Bonchev–Trinajstić information content (AvgIpc) is 2.59. The number of benzene rings is 1. The Morgan fingerprint density at radius 3 is 2.75 bits per heavy atom. The van der Waals surface area contributed by atoms with E-state index in [1.54, 1.807) is 12.1 Å². The summed E-state index contributed by atoms with van der Waals surface area (Å²) in [5.41, 5.74) is 6.76. The van der Waals surface area contributed by atoms with E-state index in [1.165, 1.54) is 6.07 Å². The van der Waals surface area contributed by atoms with E-state index in [1.807, 2.05) is 18.4 Å². The Kier molecular flexibility index (Phi) is 2.52. The summed E-state index contributed by atoms with van der Waals surface area (Å²) in [6.45, 7) is 4.65. The number of anilines is 1. The van der Waals surface area contributed by atoms with Gasteiger partial charge in [-0.1, -0.05) is 0 Å². The second-order valence-electron chi connectivity index (χ2n) is 3.59. The molecule has 0 amide bonds. The lowest BCUT2D eigenvalue weighted by atomic mass is 10.1. The summed E-state index contributed by atoms with van der Waals surface area (Å²) < 4.78 is 1.94. The number of phenolic OH excluding ortho intramolecular Hbond substituents is 1. The molecule has 3 N–H and O–H groups in total. The van der Waals surface area contributed by atoms with Crippen LogP contribution in [0.5, 0.6) is 5.75 Å². The minimum Gasteiger partial charge on any atom is -0.507 e. The molecule has 0 saturated carbocycles. The first kappa shape index (κ1) is 10.5. The van der Waals surface area contributed by atoms with Crippen molar-refractivity contribution in [2.45, 2.75) is 20.4 Å². The van der Waals surface area contributed by atoms with Crippen molar-refractivity contribution in [2.75, 3.05) is 5.73 Å². The number of aryl methyl sites for hydroxylation is 1. The van der Waals surface area contributed by atoms with Crippen LogP contribution in [0.25, 0.3) is 11.4 Å². The van der Waals surface area contributed by atoms with Crippen molar-refractivity contribution in [3.05, 3.63) is 24.0 Å². The molecule has 1 aromatic carbocycles. The van der Waals surface area contributed by atoms with E-state index in [-0.39, 0.29) is 5.75 Å². The van der Waals surface area contributed by atoms with Gasteiger partial charge in [-0.05, 0) is 26.0 Å². The fourth-order valence-electron chi connectivity index (χ4n) is 1.70. The highest BCUT2D eigenvalue weighted by Gasteiger charge is 2.13. The normalized spacial score (nSPS) is 10.6. The fourth-order valence-corrected chi connectivity index (χ4v) is 1.70.